The number of carboxylic acid groups (broad SMARTS) is 1. The fraction of sp³-hybridized carbons (Fsp3) is 0.391. The normalized spacial score (nSPS) is 16.1. The molecule has 0 fully saturated rings. The molecular formula is C23H28N2O3. The Bertz CT molecular complexity index is 833. The van der Waals surface area contributed by atoms with Crippen LogP contribution in [-0.4, -0.2) is 30.1 Å². The zero-order valence-corrected chi connectivity index (χ0v) is 16.5. The lowest BCUT2D eigenvalue weighted by atomic mass is 9.94. The smallest absolute Gasteiger partial charge is 0.303 e. The van der Waals surface area contributed by atoms with Gasteiger partial charge in [-0.05, 0) is 37.5 Å². The van der Waals surface area contributed by atoms with E-state index in [2.05, 4.69) is 31.3 Å². The van der Waals surface area contributed by atoms with E-state index in [4.69, 9.17) is 5.11 Å². The monoisotopic (exact) mass is 380 g/mol. The maximum absolute atomic E-state index is 12.9. The van der Waals surface area contributed by atoms with Gasteiger partial charge in [0.1, 0.15) is 0 Å². The number of benzene rings is 2. The maximum atomic E-state index is 12.9. The fourth-order valence-corrected chi connectivity index (χ4v) is 3.85. The molecule has 1 heterocycles. The number of carbonyl (C=O) groups is 2. The molecule has 0 spiro atoms. The summed E-state index contributed by atoms with van der Waals surface area (Å²) in [6, 6.07) is 18.0. The molecule has 3 rings (SSSR count). The van der Waals surface area contributed by atoms with Crippen LogP contribution in [-0.2, 0) is 15.1 Å². The van der Waals surface area contributed by atoms with Crippen molar-refractivity contribution < 1.29 is 14.7 Å². The maximum Gasteiger partial charge on any atom is 0.303 e. The van der Waals surface area contributed by atoms with Crippen LogP contribution in [0.4, 0.5) is 5.69 Å². The second-order valence-corrected chi connectivity index (χ2v) is 7.86. The standard InChI is InChI=1S/C23H28N2O3/c1-23(2,18-8-4-3-5-9-18)24-15-14-21(26)25-16-17(12-13-22(27)28)19-10-6-7-11-20(19)25/h3-11,17,24H,12-16H2,1-2H3,(H,27,28). The first kappa shape index (κ1) is 20.1. The zero-order chi connectivity index (χ0) is 20.1. The molecule has 1 aliphatic rings. The van der Waals surface area contributed by atoms with E-state index in [1.807, 2.05) is 47.4 Å². The second-order valence-electron chi connectivity index (χ2n) is 7.86. The van der Waals surface area contributed by atoms with Crippen molar-refractivity contribution in [2.75, 3.05) is 18.0 Å². The third-order valence-electron chi connectivity index (χ3n) is 5.48. The van der Waals surface area contributed by atoms with Gasteiger partial charge in [-0.25, -0.2) is 0 Å². The molecule has 0 saturated heterocycles. The Morgan fingerprint density at radius 2 is 1.75 bits per heavy atom. The third kappa shape index (κ3) is 4.60. The van der Waals surface area contributed by atoms with Crippen molar-refractivity contribution in [3.8, 4) is 0 Å². The van der Waals surface area contributed by atoms with Crippen molar-refractivity contribution in [1.29, 1.82) is 0 Å². The van der Waals surface area contributed by atoms with Crippen LogP contribution in [0, 0.1) is 0 Å². The Morgan fingerprint density at radius 3 is 2.46 bits per heavy atom. The number of rotatable bonds is 8. The van der Waals surface area contributed by atoms with Crippen LogP contribution in [0.3, 0.4) is 0 Å². The summed E-state index contributed by atoms with van der Waals surface area (Å²) < 4.78 is 0. The van der Waals surface area contributed by atoms with Crippen molar-refractivity contribution in [3.05, 3.63) is 65.7 Å². The Kier molecular flexibility index (Phi) is 6.15. The number of para-hydroxylation sites is 1. The first-order valence-electron chi connectivity index (χ1n) is 9.80. The van der Waals surface area contributed by atoms with Crippen LogP contribution in [0.5, 0.6) is 0 Å². The highest BCUT2D eigenvalue weighted by Crippen LogP contribution is 2.38. The Labute approximate surface area is 166 Å². The number of hydrogen-bond donors (Lipinski definition) is 2. The molecule has 1 amide bonds. The van der Waals surface area contributed by atoms with Gasteiger partial charge in [0.2, 0.25) is 5.91 Å². The fourth-order valence-electron chi connectivity index (χ4n) is 3.85. The number of fused-ring (bicyclic) bond motifs is 1. The van der Waals surface area contributed by atoms with Crippen LogP contribution in [0.15, 0.2) is 54.6 Å². The highest BCUT2D eigenvalue weighted by atomic mass is 16.4. The van der Waals surface area contributed by atoms with E-state index in [-0.39, 0.29) is 23.8 Å². The van der Waals surface area contributed by atoms with E-state index in [0.29, 0.717) is 25.9 Å². The van der Waals surface area contributed by atoms with E-state index in [1.54, 1.807) is 0 Å². The van der Waals surface area contributed by atoms with E-state index in [1.165, 1.54) is 5.56 Å². The first-order chi connectivity index (χ1) is 13.4. The highest BCUT2D eigenvalue weighted by Gasteiger charge is 2.32. The van der Waals surface area contributed by atoms with Gasteiger partial charge in [-0.1, -0.05) is 48.5 Å². The number of hydrogen-bond acceptors (Lipinski definition) is 3. The summed E-state index contributed by atoms with van der Waals surface area (Å²) >= 11 is 0. The number of carboxylic acids is 1. The Hall–Kier alpha value is -2.66. The molecule has 5 nitrogen and oxygen atoms in total. The van der Waals surface area contributed by atoms with Gasteiger partial charge in [-0.3, -0.25) is 9.59 Å². The largest absolute Gasteiger partial charge is 0.481 e. The summed E-state index contributed by atoms with van der Waals surface area (Å²) in [4.78, 5) is 25.6. The average Bonchev–Trinajstić information content (AvgIpc) is 3.06. The van der Waals surface area contributed by atoms with Crippen LogP contribution >= 0.6 is 0 Å². The molecule has 1 unspecified atom stereocenters. The third-order valence-corrected chi connectivity index (χ3v) is 5.48. The minimum Gasteiger partial charge on any atom is -0.481 e. The van der Waals surface area contributed by atoms with Gasteiger partial charge in [0, 0.05) is 43.1 Å². The molecule has 1 aliphatic heterocycles. The molecule has 28 heavy (non-hydrogen) atoms. The number of carbonyl (C=O) groups excluding carboxylic acids is 1. The number of amides is 1. The summed E-state index contributed by atoms with van der Waals surface area (Å²) in [5, 5.41) is 12.5. The van der Waals surface area contributed by atoms with Crippen LogP contribution < -0.4 is 10.2 Å². The van der Waals surface area contributed by atoms with Gasteiger partial charge >= 0.3 is 5.97 Å². The minimum absolute atomic E-state index is 0.0710. The summed E-state index contributed by atoms with van der Waals surface area (Å²) in [6.07, 6.45) is 1.07. The number of anilines is 1. The minimum atomic E-state index is -0.797. The zero-order valence-electron chi connectivity index (χ0n) is 16.5. The SMILES string of the molecule is CC(C)(NCCC(=O)N1CC(CCC(=O)O)c2ccccc21)c1ccccc1. The summed E-state index contributed by atoms with van der Waals surface area (Å²) in [5.41, 5.74) is 2.97. The Morgan fingerprint density at radius 1 is 1.07 bits per heavy atom. The van der Waals surface area contributed by atoms with Crippen molar-refractivity contribution in [3.63, 3.8) is 0 Å². The molecule has 0 aliphatic carbocycles. The van der Waals surface area contributed by atoms with Gasteiger partial charge in [0.05, 0.1) is 0 Å². The number of nitrogens with zero attached hydrogens (tertiary/aromatic N) is 1. The molecule has 2 aromatic rings. The lowest BCUT2D eigenvalue weighted by Gasteiger charge is -2.27. The molecule has 1 atom stereocenters. The molecule has 2 N–H and O–H groups in total. The summed E-state index contributed by atoms with van der Waals surface area (Å²) in [7, 11) is 0. The molecule has 0 radical (unpaired) electrons. The van der Waals surface area contributed by atoms with E-state index in [9.17, 15) is 9.59 Å². The topological polar surface area (TPSA) is 69.6 Å². The molecule has 5 heteroatoms. The summed E-state index contributed by atoms with van der Waals surface area (Å²) in [5.74, 6) is -0.638. The van der Waals surface area contributed by atoms with E-state index in [0.717, 1.165) is 11.3 Å². The molecule has 0 aromatic heterocycles. The molecule has 148 valence electrons. The van der Waals surface area contributed by atoms with Gasteiger partial charge in [0.15, 0.2) is 0 Å². The van der Waals surface area contributed by atoms with Crippen molar-refractivity contribution >= 4 is 17.6 Å². The molecule has 2 aromatic carbocycles. The molecule has 0 saturated carbocycles. The van der Waals surface area contributed by atoms with Crippen molar-refractivity contribution in [2.45, 2.75) is 44.6 Å². The molecular weight excluding hydrogens is 352 g/mol. The summed E-state index contributed by atoms with van der Waals surface area (Å²) in [6.45, 7) is 5.37. The predicted octanol–water partition coefficient (Wildman–Crippen LogP) is 3.90. The van der Waals surface area contributed by atoms with Gasteiger partial charge in [0.25, 0.3) is 0 Å². The van der Waals surface area contributed by atoms with Crippen LogP contribution in [0.1, 0.15) is 50.2 Å². The van der Waals surface area contributed by atoms with Gasteiger partial charge in [-0.15, -0.1) is 0 Å². The van der Waals surface area contributed by atoms with E-state index >= 15 is 0 Å². The second kappa shape index (κ2) is 8.57. The number of nitrogens with one attached hydrogen (secondary N) is 1. The van der Waals surface area contributed by atoms with E-state index < -0.39 is 5.97 Å². The predicted molar refractivity (Wildman–Crippen MR) is 110 cm³/mol. The van der Waals surface area contributed by atoms with Gasteiger partial charge in [-0.2, -0.15) is 0 Å². The van der Waals surface area contributed by atoms with Crippen molar-refractivity contribution in [2.24, 2.45) is 0 Å². The first-order valence-corrected chi connectivity index (χ1v) is 9.80. The van der Waals surface area contributed by atoms with Crippen LogP contribution in [0.25, 0.3) is 0 Å². The van der Waals surface area contributed by atoms with Gasteiger partial charge < -0.3 is 15.3 Å². The Balaban J connectivity index is 1.61. The lowest BCUT2D eigenvalue weighted by molar-refractivity contribution is -0.137. The average molecular weight is 380 g/mol. The lowest BCUT2D eigenvalue weighted by Crippen LogP contribution is -2.39. The molecule has 0 bridgehead atoms. The highest BCUT2D eigenvalue weighted by molar-refractivity contribution is 5.96. The van der Waals surface area contributed by atoms with Crippen LogP contribution in [0.2, 0.25) is 0 Å². The number of aliphatic carboxylic acids is 1. The quantitative estimate of drug-likeness (QED) is 0.729. The van der Waals surface area contributed by atoms with Crippen molar-refractivity contribution in [1.82, 2.24) is 5.32 Å².